The third-order valence-electron chi connectivity index (χ3n) is 7.65. The second kappa shape index (κ2) is 16.8. The maximum atomic E-state index is 13.7. The van der Waals surface area contributed by atoms with E-state index in [4.69, 9.17) is 9.47 Å². The Balaban J connectivity index is 1.36. The number of amides is 3. The fourth-order valence-electron chi connectivity index (χ4n) is 5.08. The number of benzene rings is 5. The zero-order chi connectivity index (χ0) is 36.3. The average Bonchev–Trinajstić information content (AvgIpc) is 3.15. The van der Waals surface area contributed by atoms with Gasteiger partial charge in [0.2, 0.25) is 5.91 Å². The number of ether oxygens (including phenoxy) is 2. The molecule has 0 saturated heterocycles. The Hall–Kier alpha value is -6.40. The second-order valence-electron chi connectivity index (χ2n) is 11.1. The molecular weight excluding hydrogens is 669 g/mol. The molecule has 0 aliphatic rings. The van der Waals surface area contributed by atoms with Crippen LogP contribution in [0.2, 0.25) is 0 Å². The van der Waals surface area contributed by atoms with Crippen molar-refractivity contribution >= 4 is 52.6 Å². The van der Waals surface area contributed by atoms with Gasteiger partial charge >= 0.3 is 0 Å². The number of nitrogens with one attached hydrogen (secondary N) is 3. The van der Waals surface area contributed by atoms with Crippen molar-refractivity contribution in [3.05, 3.63) is 159 Å². The van der Waals surface area contributed by atoms with Gasteiger partial charge in [0.05, 0.1) is 19.1 Å². The van der Waals surface area contributed by atoms with Gasteiger partial charge in [-0.1, -0.05) is 60.7 Å². The SMILES string of the molecule is COc1cccc(/C=C(\NC(=O)c2ccccc2)C(=O)Nc2ccc(SC(C(=O)Nc3ccc([N+](=O)[O-])cc3C)c3ccccc3)cc2)c1OC. The zero-order valence-corrected chi connectivity index (χ0v) is 28.7. The number of hydrogen-bond acceptors (Lipinski definition) is 8. The highest BCUT2D eigenvalue weighted by molar-refractivity contribution is 8.00. The summed E-state index contributed by atoms with van der Waals surface area (Å²) in [5.74, 6) is -0.512. The smallest absolute Gasteiger partial charge is 0.272 e. The Kier molecular flexibility index (Phi) is 11.8. The summed E-state index contributed by atoms with van der Waals surface area (Å²) in [7, 11) is 2.99. The number of aryl methyl sites for hydroxylation is 1. The van der Waals surface area contributed by atoms with Gasteiger partial charge < -0.3 is 25.4 Å². The fourth-order valence-corrected chi connectivity index (χ4v) is 6.10. The first-order valence-electron chi connectivity index (χ1n) is 15.6. The molecule has 0 saturated carbocycles. The van der Waals surface area contributed by atoms with Crippen molar-refractivity contribution in [3.8, 4) is 11.5 Å². The molecular formula is C39H34N4O7S. The van der Waals surface area contributed by atoms with Crippen molar-refractivity contribution in [2.24, 2.45) is 0 Å². The Morgan fingerprint density at radius 2 is 1.49 bits per heavy atom. The van der Waals surface area contributed by atoms with Gasteiger partial charge in [-0.3, -0.25) is 24.5 Å². The van der Waals surface area contributed by atoms with Gasteiger partial charge in [0.15, 0.2) is 11.5 Å². The molecule has 0 aliphatic carbocycles. The van der Waals surface area contributed by atoms with E-state index in [9.17, 15) is 24.5 Å². The standard InChI is InChI=1S/C39H34N4O7S/c1-25-23-30(43(47)48)19-22-32(25)41-39(46)36(26-11-6-4-7-12-26)51-31-20-17-29(18-21-31)40-38(45)33(42-37(44)27-13-8-5-9-14-27)24-28-15-10-16-34(49-2)35(28)50-3/h4-24,36H,1-3H3,(H,40,45)(H,41,46)(H,42,44)/b33-24-. The Labute approximate surface area is 298 Å². The first-order chi connectivity index (χ1) is 24.7. The van der Waals surface area contributed by atoms with E-state index in [1.807, 2.05) is 30.3 Å². The van der Waals surface area contributed by atoms with Crippen molar-refractivity contribution < 1.29 is 28.8 Å². The van der Waals surface area contributed by atoms with E-state index in [0.717, 1.165) is 10.5 Å². The second-order valence-corrected chi connectivity index (χ2v) is 12.3. The number of carbonyl (C=O) groups excluding carboxylic acids is 3. The highest BCUT2D eigenvalue weighted by Crippen LogP contribution is 2.37. The van der Waals surface area contributed by atoms with Gasteiger partial charge in [-0.2, -0.15) is 0 Å². The number of carbonyl (C=O) groups is 3. The van der Waals surface area contributed by atoms with Crippen LogP contribution in [0.25, 0.3) is 6.08 Å². The minimum atomic E-state index is -0.665. The van der Waals surface area contributed by atoms with E-state index in [-0.39, 0.29) is 17.3 Å². The lowest BCUT2D eigenvalue weighted by Gasteiger charge is -2.18. The predicted molar refractivity (Wildman–Crippen MR) is 198 cm³/mol. The van der Waals surface area contributed by atoms with E-state index >= 15 is 0 Å². The molecule has 0 bridgehead atoms. The number of non-ortho nitro benzene ring substituents is 1. The maximum Gasteiger partial charge on any atom is 0.272 e. The fraction of sp³-hybridized carbons (Fsp3) is 0.103. The van der Waals surface area contributed by atoms with Crippen LogP contribution >= 0.6 is 11.8 Å². The summed E-state index contributed by atoms with van der Waals surface area (Å²) in [4.78, 5) is 51.9. The van der Waals surface area contributed by atoms with Crippen molar-refractivity contribution in [1.82, 2.24) is 5.32 Å². The first kappa shape index (κ1) is 35.9. The number of rotatable bonds is 13. The summed E-state index contributed by atoms with van der Waals surface area (Å²) in [6, 6.07) is 34.2. The molecule has 3 N–H and O–H groups in total. The summed E-state index contributed by atoms with van der Waals surface area (Å²) >= 11 is 1.31. The molecule has 51 heavy (non-hydrogen) atoms. The van der Waals surface area contributed by atoms with Crippen molar-refractivity contribution in [2.75, 3.05) is 24.9 Å². The van der Waals surface area contributed by atoms with Crippen molar-refractivity contribution in [2.45, 2.75) is 17.1 Å². The Morgan fingerprint density at radius 3 is 2.12 bits per heavy atom. The predicted octanol–water partition coefficient (Wildman–Crippen LogP) is 7.80. The lowest BCUT2D eigenvalue weighted by atomic mass is 10.1. The topological polar surface area (TPSA) is 149 Å². The van der Waals surface area contributed by atoms with Crippen LogP contribution in [0, 0.1) is 17.0 Å². The summed E-state index contributed by atoms with van der Waals surface area (Å²) in [6.45, 7) is 1.70. The molecule has 0 aliphatic heterocycles. The number of nitro groups is 1. The van der Waals surface area contributed by atoms with Crippen LogP contribution in [-0.4, -0.2) is 36.9 Å². The van der Waals surface area contributed by atoms with Crippen molar-refractivity contribution in [3.63, 3.8) is 0 Å². The van der Waals surface area contributed by atoms with E-state index in [2.05, 4.69) is 16.0 Å². The highest BCUT2D eigenvalue weighted by atomic mass is 32.2. The number of hydrogen-bond donors (Lipinski definition) is 3. The highest BCUT2D eigenvalue weighted by Gasteiger charge is 2.24. The van der Waals surface area contributed by atoms with Crippen molar-refractivity contribution in [1.29, 1.82) is 0 Å². The van der Waals surface area contributed by atoms with Crippen LogP contribution in [0.15, 0.2) is 132 Å². The lowest BCUT2D eigenvalue weighted by molar-refractivity contribution is -0.384. The molecule has 1 atom stereocenters. The van der Waals surface area contributed by atoms with E-state index < -0.39 is 22.0 Å². The Morgan fingerprint density at radius 1 is 0.804 bits per heavy atom. The summed E-state index contributed by atoms with van der Waals surface area (Å²) in [5, 5.41) is 19.0. The first-order valence-corrected chi connectivity index (χ1v) is 16.5. The molecule has 0 spiro atoms. The number of methoxy groups -OCH3 is 2. The maximum absolute atomic E-state index is 13.7. The molecule has 5 aromatic rings. The van der Waals surface area contributed by atoms with Gasteiger partial charge in [0.1, 0.15) is 10.9 Å². The molecule has 258 valence electrons. The van der Waals surface area contributed by atoms with Crippen LogP contribution in [0.4, 0.5) is 17.1 Å². The quantitative estimate of drug-likeness (QED) is 0.0487. The summed E-state index contributed by atoms with van der Waals surface area (Å²) < 4.78 is 10.9. The number of anilines is 2. The van der Waals surface area contributed by atoms with Crippen LogP contribution in [0.5, 0.6) is 11.5 Å². The third kappa shape index (κ3) is 9.19. The van der Waals surface area contributed by atoms with Crippen LogP contribution < -0.4 is 25.4 Å². The molecule has 5 aromatic carbocycles. The largest absolute Gasteiger partial charge is 0.493 e. The Bertz CT molecular complexity index is 2070. The van der Waals surface area contributed by atoms with Gasteiger partial charge in [0.25, 0.3) is 17.5 Å². The zero-order valence-electron chi connectivity index (χ0n) is 27.9. The molecule has 0 aromatic heterocycles. The van der Waals surface area contributed by atoms with Gasteiger partial charge in [-0.25, -0.2) is 0 Å². The lowest BCUT2D eigenvalue weighted by Crippen LogP contribution is -2.30. The molecule has 0 radical (unpaired) electrons. The minimum Gasteiger partial charge on any atom is -0.493 e. The molecule has 12 heteroatoms. The number of nitrogens with zero attached hydrogens (tertiary/aromatic N) is 1. The van der Waals surface area contributed by atoms with Crippen LogP contribution in [-0.2, 0) is 9.59 Å². The number of nitro benzene ring substituents is 1. The van der Waals surface area contributed by atoms with Gasteiger partial charge in [0, 0.05) is 39.5 Å². The molecule has 0 fully saturated rings. The molecule has 0 heterocycles. The van der Waals surface area contributed by atoms with E-state index in [1.54, 1.807) is 79.7 Å². The van der Waals surface area contributed by atoms with E-state index in [1.165, 1.54) is 50.3 Å². The van der Waals surface area contributed by atoms with Gasteiger partial charge in [-0.15, -0.1) is 11.8 Å². The monoisotopic (exact) mass is 702 g/mol. The van der Waals surface area contributed by atoms with Crippen LogP contribution in [0.3, 0.4) is 0 Å². The molecule has 3 amide bonds. The van der Waals surface area contributed by atoms with E-state index in [0.29, 0.717) is 39.6 Å². The third-order valence-corrected chi connectivity index (χ3v) is 8.91. The normalized spacial score (nSPS) is 11.5. The van der Waals surface area contributed by atoms with Gasteiger partial charge in [-0.05, 0) is 72.7 Å². The summed E-state index contributed by atoms with van der Waals surface area (Å²) in [5.41, 5.74) is 3.03. The average molecular weight is 703 g/mol. The number of thioether (sulfide) groups is 1. The van der Waals surface area contributed by atoms with Crippen LogP contribution in [0.1, 0.15) is 32.3 Å². The molecule has 5 rings (SSSR count). The number of para-hydroxylation sites is 1. The molecule has 11 nitrogen and oxygen atoms in total. The summed E-state index contributed by atoms with van der Waals surface area (Å²) in [6.07, 6.45) is 1.51. The molecule has 1 unspecified atom stereocenters. The minimum absolute atomic E-state index is 0.0313.